The summed E-state index contributed by atoms with van der Waals surface area (Å²) in [6.07, 6.45) is -0.761. The molecule has 0 aliphatic heterocycles. The standard InChI is InChI=1S/C23H19FN2O6/c1-31-22(27)21(25-23(28)32-20-12-10-19(11-13-20)26(29)30)14-15-2-4-16(5-3-15)17-6-8-18(24)9-7-17/h2-13,21H,14H2,1H3,(H,25,28)/t21-/m0/s1. The van der Waals surface area contributed by atoms with Gasteiger partial charge in [0, 0.05) is 18.6 Å². The lowest BCUT2D eigenvalue weighted by Gasteiger charge is -2.16. The summed E-state index contributed by atoms with van der Waals surface area (Å²) in [6.45, 7) is 0. The largest absolute Gasteiger partial charge is 0.467 e. The van der Waals surface area contributed by atoms with Crippen molar-refractivity contribution in [1.29, 1.82) is 0 Å². The van der Waals surface area contributed by atoms with E-state index in [4.69, 9.17) is 9.47 Å². The Morgan fingerprint density at radius 2 is 1.53 bits per heavy atom. The van der Waals surface area contributed by atoms with Crippen molar-refractivity contribution in [3.8, 4) is 16.9 Å². The molecule has 3 aromatic carbocycles. The van der Waals surface area contributed by atoms with Crippen LogP contribution in [-0.2, 0) is 16.0 Å². The van der Waals surface area contributed by atoms with Crippen LogP contribution in [0.15, 0.2) is 72.8 Å². The number of hydrogen-bond acceptors (Lipinski definition) is 6. The maximum atomic E-state index is 13.1. The Balaban J connectivity index is 1.65. The smallest absolute Gasteiger partial charge is 0.413 e. The number of rotatable bonds is 7. The molecule has 8 nitrogen and oxygen atoms in total. The van der Waals surface area contributed by atoms with Gasteiger partial charge in [0.15, 0.2) is 0 Å². The van der Waals surface area contributed by atoms with Crippen LogP contribution in [0.5, 0.6) is 5.75 Å². The number of esters is 1. The number of benzene rings is 3. The predicted octanol–water partition coefficient (Wildman–Crippen LogP) is 4.27. The summed E-state index contributed by atoms with van der Waals surface area (Å²) in [6, 6.07) is 17.2. The van der Waals surface area contributed by atoms with Crippen molar-refractivity contribution in [3.63, 3.8) is 0 Å². The number of amides is 1. The molecule has 164 valence electrons. The Morgan fingerprint density at radius 1 is 0.969 bits per heavy atom. The van der Waals surface area contributed by atoms with Crippen molar-refractivity contribution in [2.24, 2.45) is 0 Å². The van der Waals surface area contributed by atoms with E-state index in [1.807, 2.05) is 12.1 Å². The van der Waals surface area contributed by atoms with E-state index in [1.165, 1.54) is 43.5 Å². The molecule has 0 aromatic heterocycles. The van der Waals surface area contributed by atoms with Crippen LogP contribution in [0, 0.1) is 15.9 Å². The number of ether oxygens (including phenoxy) is 2. The fraction of sp³-hybridized carbons (Fsp3) is 0.130. The van der Waals surface area contributed by atoms with Crippen molar-refractivity contribution in [1.82, 2.24) is 5.32 Å². The summed E-state index contributed by atoms with van der Waals surface area (Å²) < 4.78 is 22.9. The third kappa shape index (κ3) is 5.88. The average Bonchev–Trinajstić information content (AvgIpc) is 2.79. The van der Waals surface area contributed by atoms with Gasteiger partial charge in [0.2, 0.25) is 0 Å². The first-order valence-corrected chi connectivity index (χ1v) is 9.51. The molecule has 0 spiro atoms. The highest BCUT2D eigenvalue weighted by Gasteiger charge is 2.23. The highest BCUT2D eigenvalue weighted by Crippen LogP contribution is 2.21. The molecule has 0 saturated carbocycles. The zero-order chi connectivity index (χ0) is 23.1. The van der Waals surface area contributed by atoms with E-state index < -0.39 is 23.0 Å². The third-order valence-electron chi connectivity index (χ3n) is 4.61. The molecule has 32 heavy (non-hydrogen) atoms. The van der Waals surface area contributed by atoms with Gasteiger partial charge in [0.05, 0.1) is 12.0 Å². The normalized spacial score (nSPS) is 11.3. The highest BCUT2D eigenvalue weighted by atomic mass is 19.1. The fourth-order valence-electron chi connectivity index (χ4n) is 2.96. The zero-order valence-electron chi connectivity index (χ0n) is 17.0. The van der Waals surface area contributed by atoms with Crippen molar-refractivity contribution in [2.45, 2.75) is 12.5 Å². The Labute approximate surface area is 182 Å². The molecule has 0 fully saturated rings. The molecule has 3 rings (SSSR count). The summed E-state index contributed by atoms with van der Waals surface area (Å²) in [7, 11) is 1.20. The SMILES string of the molecule is COC(=O)[C@H](Cc1ccc(-c2ccc(F)cc2)cc1)NC(=O)Oc1ccc([N+](=O)[O-])cc1. The van der Waals surface area contributed by atoms with Gasteiger partial charge in [-0.15, -0.1) is 0 Å². The number of carbonyl (C=O) groups is 2. The van der Waals surface area contributed by atoms with Crippen LogP contribution in [0.3, 0.4) is 0 Å². The van der Waals surface area contributed by atoms with E-state index in [1.54, 1.807) is 24.3 Å². The lowest BCUT2D eigenvalue weighted by molar-refractivity contribution is -0.384. The summed E-state index contributed by atoms with van der Waals surface area (Å²) >= 11 is 0. The number of halogens is 1. The summed E-state index contributed by atoms with van der Waals surface area (Å²) in [5.74, 6) is -0.897. The average molecular weight is 438 g/mol. The zero-order valence-corrected chi connectivity index (χ0v) is 17.0. The summed E-state index contributed by atoms with van der Waals surface area (Å²) in [5.41, 5.74) is 2.32. The molecule has 1 atom stereocenters. The molecule has 0 saturated heterocycles. The number of carbonyl (C=O) groups excluding carboxylic acids is 2. The maximum Gasteiger partial charge on any atom is 0.413 e. The van der Waals surface area contributed by atoms with Gasteiger partial charge >= 0.3 is 12.1 Å². The molecular formula is C23H19FN2O6. The Kier molecular flexibility index (Phi) is 7.12. The van der Waals surface area contributed by atoms with Crippen molar-refractivity contribution < 1.29 is 28.4 Å². The number of nitrogens with zero attached hydrogens (tertiary/aromatic N) is 1. The lowest BCUT2D eigenvalue weighted by Crippen LogP contribution is -2.44. The van der Waals surface area contributed by atoms with E-state index in [9.17, 15) is 24.1 Å². The Bertz CT molecular complexity index is 1100. The van der Waals surface area contributed by atoms with Crippen molar-refractivity contribution >= 4 is 17.7 Å². The van der Waals surface area contributed by atoms with Gasteiger partial charge in [-0.2, -0.15) is 0 Å². The monoisotopic (exact) mass is 438 g/mol. The molecule has 0 aliphatic rings. The minimum absolute atomic E-state index is 0.0837. The van der Waals surface area contributed by atoms with Crippen LogP contribution < -0.4 is 10.1 Å². The molecule has 0 bridgehead atoms. The Morgan fingerprint density at radius 3 is 2.06 bits per heavy atom. The number of nitrogens with one attached hydrogen (secondary N) is 1. The quantitative estimate of drug-likeness (QED) is 0.335. The van der Waals surface area contributed by atoms with E-state index in [0.717, 1.165) is 16.7 Å². The molecule has 9 heteroatoms. The van der Waals surface area contributed by atoms with Crippen LogP contribution in [0.1, 0.15) is 5.56 Å². The molecule has 3 aromatic rings. The number of methoxy groups -OCH3 is 1. The molecular weight excluding hydrogens is 419 g/mol. The van der Waals surface area contributed by atoms with E-state index in [2.05, 4.69) is 5.32 Å². The van der Waals surface area contributed by atoms with Gasteiger partial charge in [-0.05, 0) is 41.0 Å². The number of nitro groups is 1. The van der Waals surface area contributed by atoms with E-state index in [-0.39, 0.29) is 23.7 Å². The minimum atomic E-state index is -1.01. The van der Waals surface area contributed by atoms with Crippen LogP contribution in [0.2, 0.25) is 0 Å². The lowest BCUT2D eigenvalue weighted by atomic mass is 10.0. The second kappa shape index (κ2) is 10.2. The number of hydrogen-bond donors (Lipinski definition) is 1. The van der Waals surface area contributed by atoms with Gasteiger partial charge < -0.3 is 14.8 Å². The highest BCUT2D eigenvalue weighted by molar-refractivity contribution is 5.82. The van der Waals surface area contributed by atoms with E-state index in [0.29, 0.717) is 0 Å². The first kappa shape index (κ1) is 22.4. The molecule has 0 radical (unpaired) electrons. The van der Waals surface area contributed by atoms with Crippen LogP contribution in [0.25, 0.3) is 11.1 Å². The maximum absolute atomic E-state index is 13.1. The molecule has 0 aliphatic carbocycles. The van der Waals surface area contributed by atoms with Crippen LogP contribution in [-0.4, -0.2) is 30.1 Å². The third-order valence-corrected chi connectivity index (χ3v) is 4.61. The van der Waals surface area contributed by atoms with E-state index >= 15 is 0 Å². The molecule has 1 N–H and O–H groups in total. The van der Waals surface area contributed by atoms with Gasteiger partial charge in [0.1, 0.15) is 17.6 Å². The van der Waals surface area contributed by atoms with Gasteiger partial charge in [-0.1, -0.05) is 36.4 Å². The van der Waals surface area contributed by atoms with Gasteiger partial charge in [-0.3, -0.25) is 10.1 Å². The minimum Gasteiger partial charge on any atom is -0.467 e. The number of nitro benzene ring substituents is 1. The van der Waals surface area contributed by atoms with Gasteiger partial charge in [0.25, 0.3) is 5.69 Å². The predicted molar refractivity (Wildman–Crippen MR) is 114 cm³/mol. The van der Waals surface area contributed by atoms with Crippen LogP contribution >= 0.6 is 0 Å². The second-order valence-electron chi connectivity index (χ2n) is 6.77. The Hall–Kier alpha value is -4.27. The molecule has 0 heterocycles. The van der Waals surface area contributed by atoms with Crippen molar-refractivity contribution in [3.05, 3.63) is 94.3 Å². The summed E-state index contributed by atoms with van der Waals surface area (Å²) in [4.78, 5) is 34.5. The second-order valence-corrected chi connectivity index (χ2v) is 6.77. The van der Waals surface area contributed by atoms with Crippen molar-refractivity contribution in [2.75, 3.05) is 7.11 Å². The topological polar surface area (TPSA) is 108 Å². The van der Waals surface area contributed by atoms with Crippen LogP contribution in [0.4, 0.5) is 14.9 Å². The summed E-state index contributed by atoms with van der Waals surface area (Å²) in [5, 5.41) is 13.1. The first-order valence-electron chi connectivity index (χ1n) is 9.51. The molecule has 0 unspecified atom stereocenters. The first-order chi connectivity index (χ1) is 15.4. The fourth-order valence-corrected chi connectivity index (χ4v) is 2.96. The number of non-ortho nitro benzene ring substituents is 1. The molecule has 1 amide bonds. The van der Waals surface area contributed by atoms with Gasteiger partial charge in [-0.25, -0.2) is 14.0 Å².